The van der Waals surface area contributed by atoms with Crippen LogP contribution in [0.4, 0.5) is 0 Å². The Hall–Kier alpha value is -0.510. The van der Waals surface area contributed by atoms with E-state index in [1.54, 1.807) is 0 Å². The summed E-state index contributed by atoms with van der Waals surface area (Å²) in [5.74, 6) is 0.943. The number of hydrogen-bond acceptors (Lipinski definition) is 1. The molecule has 0 spiro atoms. The van der Waals surface area contributed by atoms with Gasteiger partial charge in [-0.2, -0.15) is 0 Å². The molecule has 0 aromatic heterocycles. The van der Waals surface area contributed by atoms with Crippen molar-refractivity contribution in [1.82, 2.24) is 0 Å². The number of rotatable bonds is 2. The molecule has 2 aromatic rings. The lowest BCUT2D eigenvalue weighted by molar-refractivity contribution is 0.353. The Balaban J connectivity index is 2.10. The van der Waals surface area contributed by atoms with Gasteiger partial charge in [0.1, 0.15) is 5.75 Å². The Labute approximate surface area is 134 Å². The molecule has 4 heteroatoms. The van der Waals surface area contributed by atoms with Crippen LogP contribution in [0.3, 0.4) is 0 Å². The highest BCUT2D eigenvalue weighted by Crippen LogP contribution is 2.43. The molecule has 0 radical (unpaired) electrons. The molecule has 2 aromatic carbocycles. The molecule has 19 heavy (non-hydrogen) atoms. The predicted octanol–water partition coefficient (Wildman–Crippen LogP) is 5.47. The van der Waals surface area contributed by atoms with Crippen molar-refractivity contribution in [2.24, 2.45) is 0 Å². The maximum atomic E-state index is 6.66. The second-order valence-corrected chi connectivity index (χ2v) is 6.67. The van der Waals surface area contributed by atoms with Gasteiger partial charge in [-0.25, -0.2) is 0 Å². The molecule has 1 aliphatic rings. The monoisotopic (exact) mass is 400 g/mol. The molecule has 1 atom stereocenters. The van der Waals surface area contributed by atoms with Gasteiger partial charge in [0.25, 0.3) is 0 Å². The molecular formula is C15H11Br2ClO. The Bertz CT molecular complexity index is 628. The molecule has 0 fully saturated rings. The summed E-state index contributed by atoms with van der Waals surface area (Å²) in [5.41, 5.74) is 3.30. The van der Waals surface area contributed by atoms with Gasteiger partial charge in [-0.1, -0.05) is 50.1 Å². The Morgan fingerprint density at radius 2 is 1.89 bits per heavy atom. The maximum absolute atomic E-state index is 6.66. The van der Waals surface area contributed by atoms with Gasteiger partial charge in [-0.15, -0.1) is 11.6 Å². The molecule has 0 saturated carbocycles. The average molecular weight is 403 g/mol. The number of fused-ring (bicyclic) bond motifs is 1. The van der Waals surface area contributed by atoms with Crippen molar-refractivity contribution in [2.75, 3.05) is 6.61 Å². The minimum absolute atomic E-state index is 0.222. The highest BCUT2D eigenvalue weighted by Gasteiger charge is 2.24. The third kappa shape index (κ3) is 2.56. The molecule has 0 bridgehead atoms. The van der Waals surface area contributed by atoms with Crippen LogP contribution < -0.4 is 4.74 Å². The lowest BCUT2D eigenvalue weighted by atomic mass is 10.0. The van der Waals surface area contributed by atoms with Crippen molar-refractivity contribution in [3.63, 3.8) is 0 Å². The number of alkyl halides is 1. The molecule has 0 saturated heterocycles. The molecule has 0 aliphatic carbocycles. The summed E-state index contributed by atoms with van der Waals surface area (Å²) in [5, 5.41) is -0.222. The number of ether oxygens (including phenoxy) is 1. The molecule has 0 N–H and O–H groups in total. The normalized spacial score (nSPS) is 14.9. The number of benzene rings is 2. The minimum Gasteiger partial charge on any atom is -0.493 e. The smallest absolute Gasteiger partial charge is 0.127 e. The molecule has 1 unspecified atom stereocenters. The summed E-state index contributed by atoms with van der Waals surface area (Å²) in [7, 11) is 0. The molecule has 1 aliphatic heterocycles. The summed E-state index contributed by atoms with van der Waals surface area (Å²) in [4.78, 5) is 0. The third-order valence-electron chi connectivity index (χ3n) is 3.23. The Kier molecular flexibility index (Phi) is 3.88. The predicted molar refractivity (Wildman–Crippen MR) is 85.2 cm³/mol. The topological polar surface area (TPSA) is 9.23 Å². The SMILES string of the molecule is ClC(c1ccccc1Br)c1cc(Br)cc2c1OCC2. The van der Waals surface area contributed by atoms with Gasteiger partial charge in [0.05, 0.1) is 12.0 Å². The zero-order valence-corrected chi connectivity index (χ0v) is 13.9. The van der Waals surface area contributed by atoms with Gasteiger partial charge >= 0.3 is 0 Å². The van der Waals surface area contributed by atoms with Crippen molar-refractivity contribution < 1.29 is 4.74 Å². The van der Waals surface area contributed by atoms with Crippen molar-refractivity contribution in [1.29, 1.82) is 0 Å². The lowest BCUT2D eigenvalue weighted by Crippen LogP contribution is -1.98. The number of halogens is 3. The summed E-state index contributed by atoms with van der Waals surface area (Å²) < 4.78 is 7.81. The second kappa shape index (κ2) is 5.47. The van der Waals surface area contributed by atoms with Crippen LogP contribution in [0.5, 0.6) is 5.75 Å². The van der Waals surface area contributed by atoms with E-state index in [4.69, 9.17) is 16.3 Å². The molecular weight excluding hydrogens is 391 g/mol. The van der Waals surface area contributed by atoms with Crippen LogP contribution >= 0.6 is 43.5 Å². The van der Waals surface area contributed by atoms with Gasteiger partial charge in [-0.3, -0.25) is 0 Å². The first-order valence-corrected chi connectivity index (χ1v) is 8.02. The van der Waals surface area contributed by atoms with Crippen LogP contribution in [0.25, 0.3) is 0 Å². The highest BCUT2D eigenvalue weighted by molar-refractivity contribution is 9.10. The van der Waals surface area contributed by atoms with E-state index >= 15 is 0 Å². The van der Waals surface area contributed by atoms with Gasteiger partial charge in [0.15, 0.2) is 0 Å². The van der Waals surface area contributed by atoms with E-state index in [0.717, 1.165) is 38.8 Å². The molecule has 98 valence electrons. The maximum Gasteiger partial charge on any atom is 0.127 e. The van der Waals surface area contributed by atoms with Crippen molar-refractivity contribution in [3.05, 3.63) is 62.0 Å². The molecule has 0 amide bonds. The van der Waals surface area contributed by atoms with Crippen molar-refractivity contribution in [3.8, 4) is 5.75 Å². The van der Waals surface area contributed by atoms with E-state index in [-0.39, 0.29) is 5.38 Å². The second-order valence-electron chi connectivity index (χ2n) is 4.47. The summed E-state index contributed by atoms with van der Waals surface area (Å²) in [6.45, 7) is 0.734. The highest BCUT2D eigenvalue weighted by atomic mass is 79.9. The van der Waals surface area contributed by atoms with E-state index in [9.17, 15) is 0 Å². The van der Waals surface area contributed by atoms with Crippen LogP contribution in [-0.4, -0.2) is 6.61 Å². The van der Waals surface area contributed by atoms with Crippen LogP contribution in [0.15, 0.2) is 45.3 Å². The Morgan fingerprint density at radius 3 is 2.68 bits per heavy atom. The van der Waals surface area contributed by atoms with Crippen molar-refractivity contribution in [2.45, 2.75) is 11.8 Å². The van der Waals surface area contributed by atoms with Crippen molar-refractivity contribution >= 4 is 43.5 Å². The van der Waals surface area contributed by atoms with Crippen LogP contribution in [-0.2, 0) is 6.42 Å². The van der Waals surface area contributed by atoms with E-state index < -0.39 is 0 Å². The van der Waals surface area contributed by atoms with Gasteiger partial charge in [0, 0.05) is 20.9 Å². The molecule has 3 rings (SSSR count). The van der Waals surface area contributed by atoms with Gasteiger partial charge in [0.2, 0.25) is 0 Å². The number of hydrogen-bond donors (Lipinski definition) is 0. The van der Waals surface area contributed by atoms with E-state index in [0.29, 0.717) is 0 Å². The fourth-order valence-corrected chi connectivity index (χ4v) is 3.86. The fourth-order valence-electron chi connectivity index (χ4n) is 2.33. The van der Waals surface area contributed by atoms with Crippen LogP contribution in [0.1, 0.15) is 22.1 Å². The fraction of sp³-hybridized carbons (Fsp3) is 0.200. The Morgan fingerprint density at radius 1 is 1.11 bits per heavy atom. The summed E-state index contributed by atoms with van der Waals surface area (Å²) in [6, 6.07) is 12.2. The molecule has 1 heterocycles. The van der Waals surface area contributed by atoms with E-state index in [1.165, 1.54) is 5.56 Å². The quantitative estimate of drug-likeness (QED) is 0.605. The average Bonchev–Trinajstić information content (AvgIpc) is 2.85. The summed E-state index contributed by atoms with van der Waals surface area (Å²) in [6.07, 6.45) is 0.946. The summed E-state index contributed by atoms with van der Waals surface area (Å²) >= 11 is 13.8. The van der Waals surface area contributed by atoms with E-state index in [1.807, 2.05) is 30.3 Å². The van der Waals surface area contributed by atoms with Crippen LogP contribution in [0, 0.1) is 0 Å². The zero-order valence-electron chi connectivity index (χ0n) is 10.00. The lowest BCUT2D eigenvalue weighted by Gasteiger charge is -2.16. The zero-order chi connectivity index (χ0) is 13.4. The first-order valence-electron chi connectivity index (χ1n) is 6.00. The van der Waals surface area contributed by atoms with Gasteiger partial charge < -0.3 is 4.74 Å². The van der Waals surface area contributed by atoms with E-state index in [2.05, 4.69) is 37.9 Å². The minimum atomic E-state index is -0.222. The first kappa shape index (κ1) is 13.5. The first-order chi connectivity index (χ1) is 9.16. The largest absolute Gasteiger partial charge is 0.493 e. The van der Waals surface area contributed by atoms with Gasteiger partial charge in [-0.05, 0) is 29.3 Å². The standard InChI is InChI=1S/C15H11Br2ClO/c16-10-7-9-5-6-19-15(9)12(8-10)14(18)11-3-1-2-4-13(11)17/h1-4,7-8,14H,5-6H2. The van der Waals surface area contributed by atoms with Crippen LogP contribution in [0.2, 0.25) is 0 Å². The molecule has 1 nitrogen and oxygen atoms in total. The third-order valence-corrected chi connectivity index (χ3v) is 4.88.